The van der Waals surface area contributed by atoms with Gasteiger partial charge in [0.05, 0.1) is 23.5 Å². The molecule has 3 heterocycles. The lowest BCUT2D eigenvalue weighted by Gasteiger charge is -2.25. The van der Waals surface area contributed by atoms with Crippen LogP contribution >= 0.6 is 0 Å². The van der Waals surface area contributed by atoms with Crippen molar-refractivity contribution in [1.82, 2.24) is 20.2 Å². The molecule has 1 fully saturated rings. The number of anilines is 1. The van der Waals surface area contributed by atoms with Gasteiger partial charge in [0.15, 0.2) is 5.76 Å². The van der Waals surface area contributed by atoms with Crippen LogP contribution in [0.5, 0.6) is 0 Å². The number of carbonyl (C=O) groups excluding carboxylic acids is 1. The predicted molar refractivity (Wildman–Crippen MR) is 122 cm³/mol. The minimum Gasteiger partial charge on any atom is -0.451 e. The van der Waals surface area contributed by atoms with Crippen LogP contribution < -0.4 is 10.7 Å². The number of aromatic nitrogens is 3. The third-order valence-electron chi connectivity index (χ3n) is 5.52. The summed E-state index contributed by atoms with van der Waals surface area (Å²) in [5.41, 5.74) is 5.24. The van der Waals surface area contributed by atoms with E-state index >= 15 is 0 Å². The largest absolute Gasteiger partial charge is 0.451 e. The molecule has 0 saturated heterocycles. The zero-order valence-electron chi connectivity index (χ0n) is 17.9. The molecule has 9 nitrogen and oxygen atoms in total. The van der Waals surface area contributed by atoms with Gasteiger partial charge in [0.1, 0.15) is 11.5 Å². The van der Waals surface area contributed by atoms with Gasteiger partial charge in [-0.05, 0) is 56.9 Å². The number of hydrazone groups is 1. The Bertz CT molecular complexity index is 1110. The standard InChI is InChI=1S/C23H26N6O3/c1-15(13-26-24-2)20-10-11-21(32-20)23(31)27-19-14-29(16-6-8-17(30)9-7-16)28-22(19)18-5-3-4-12-25-18/h3-5,10-14,16-17,26,30H,2,6-9H2,1H3,(H,27,31)/b15-13+. The highest BCUT2D eigenvalue weighted by Crippen LogP contribution is 2.32. The summed E-state index contributed by atoms with van der Waals surface area (Å²) in [7, 11) is 0. The van der Waals surface area contributed by atoms with Crippen LogP contribution in [-0.2, 0) is 0 Å². The molecule has 1 aliphatic carbocycles. The lowest BCUT2D eigenvalue weighted by molar-refractivity contribution is 0.0996. The zero-order chi connectivity index (χ0) is 22.5. The van der Waals surface area contributed by atoms with E-state index in [9.17, 15) is 9.90 Å². The van der Waals surface area contributed by atoms with Gasteiger partial charge in [-0.1, -0.05) is 6.07 Å². The zero-order valence-corrected chi connectivity index (χ0v) is 17.9. The molecule has 0 aliphatic heterocycles. The summed E-state index contributed by atoms with van der Waals surface area (Å²) >= 11 is 0. The number of nitrogens with zero attached hydrogens (tertiary/aromatic N) is 4. The van der Waals surface area contributed by atoms with Crippen molar-refractivity contribution in [3.8, 4) is 11.4 Å². The van der Waals surface area contributed by atoms with Crippen LogP contribution in [-0.4, -0.2) is 38.6 Å². The number of aliphatic hydroxyl groups is 1. The fourth-order valence-corrected chi connectivity index (χ4v) is 3.75. The van der Waals surface area contributed by atoms with E-state index in [1.165, 1.54) is 0 Å². The number of pyridine rings is 1. The van der Waals surface area contributed by atoms with Crippen molar-refractivity contribution < 1.29 is 14.3 Å². The smallest absolute Gasteiger partial charge is 0.291 e. The second-order valence-electron chi connectivity index (χ2n) is 7.78. The quantitative estimate of drug-likeness (QED) is 0.384. The lowest BCUT2D eigenvalue weighted by atomic mass is 9.93. The highest BCUT2D eigenvalue weighted by Gasteiger charge is 2.24. The molecule has 0 bridgehead atoms. The summed E-state index contributed by atoms with van der Waals surface area (Å²) in [6, 6.07) is 9.08. The first-order chi connectivity index (χ1) is 15.5. The average Bonchev–Trinajstić information content (AvgIpc) is 3.46. The van der Waals surface area contributed by atoms with Crippen LogP contribution in [0, 0.1) is 0 Å². The van der Waals surface area contributed by atoms with Crippen LogP contribution in [0.3, 0.4) is 0 Å². The van der Waals surface area contributed by atoms with Crippen molar-refractivity contribution in [2.24, 2.45) is 5.10 Å². The first kappa shape index (κ1) is 21.5. The van der Waals surface area contributed by atoms with Gasteiger partial charge >= 0.3 is 0 Å². The Morgan fingerprint density at radius 1 is 1.25 bits per heavy atom. The molecule has 32 heavy (non-hydrogen) atoms. The monoisotopic (exact) mass is 434 g/mol. The lowest BCUT2D eigenvalue weighted by Crippen LogP contribution is -2.21. The van der Waals surface area contributed by atoms with Gasteiger partial charge in [-0.2, -0.15) is 10.2 Å². The summed E-state index contributed by atoms with van der Waals surface area (Å²) < 4.78 is 7.58. The number of hydrogen-bond acceptors (Lipinski definition) is 7. The SMILES string of the molecule is C=NN/C=C(\C)c1ccc(C(=O)Nc2cn(C3CCC(O)CC3)nc2-c2ccccn2)o1. The Balaban J connectivity index is 1.59. The van der Waals surface area contributed by atoms with Crippen LogP contribution in [0.15, 0.2) is 58.4 Å². The van der Waals surface area contributed by atoms with Gasteiger partial charge in [0.25, 0.3) is 5.91 Å². The van der Waals surface area contributed by atoms with E-state index in [0.29, 0.717) is 22.8 Å². The summed E-state index contributed by atoms with van der Waals surface area (Å²) in [4.78, 5) is 17.3. The number of nitrogens with one attached hydrogen (secondary N) is 2. The fourth-order valence-electron chi connectivity index (χ4n) is 3.75. The van der Waals surface area contributed by atoms with Gasteiger partial charge in [-0.3, -0.25) is 19.9 Å². The van der Waals surface area contributed by atoms with E-state index in [-0.39, 0.29) is 23.8 Å². The van der Waals surface area contributed by atoms with Crippen molar-refractivity contribution in [2.45, 2.75) is 44.8 Å². The first-order valence-corrected chi connectivity index (χ1v) is 10.5. The number of allylic oxidation sites excluding steroid dienone is 1. The van der Waals surface area contributed by atoms with Gasteiger partial charge in [-0.25, -0.2) is 0 Å². The molecule has 1 saturated carbocycles. The van der Waals surface area contributed by atoms with E-state index < -0.39 is 0 Å². The molecule has 0 radical (unpaired) electrons. The molecule has 0 spiro atoms. The molecule has 0 atom stereocenters. The fraction of sp³-hybridized carbons (Fsp3) is 0.304. The predicted octanol–water partition coefficient (Wildman–Crippen LogP) is 3.83. The van der Waals surface area contributed by atoms with Crippen LogP contribution in [0.4, 0.5) is 5.69 Å². The van der Waals surface area contributed by atoms with E-state index in [0.717, 1.165) is 31.3 Å². The molecule has 0 unspecified atom stereocenters. The summed E-state index contributed by atoms with van der Waals surface area (Å²) in [6.07, 6.45) is 8.05. The Labute approximate surface area is 185 Å². The molecular weight excluding hydrogens is 408 g/mol. The van der Waals surface area contributed by atoms with Crippen molar-refractivity contribution in [2.75, 3.05) is 5.32 Å². The van der Waals surface area contributed by atoms with E-state index in [1.54, 1.807) is 24.5 Å². The number of aliphatic hydroxyl groups excluding tert-OH is 1. The molecule has 0 aromatic carbocycles. The maximum atomic E-state index is 12.9. The Morgan fingerprint density at radius 3 is 2.75 bits per heavy atom. The second-order valence-corrected chi connectivity index (χ2v) is 7.78. The first-order valence-electron chi connectivity index (χ1n) is 10.5. The number of rotatable bonds is 7. The second kappa shape index (κ2) is 9.61. The number of furan rings is 1. The average molecular weight is 435 g/mol. The van der Waals surface area contributed by atoms with Crippen molar-refractivity contribution in [1.29, 1.82) is 0 Å². The number of hydrogen-bond donors (Lipinski definition) is 3. The van der Waals surface area contributed by atoms with Crippen LogP contribution in [0.2, 0.25) is 0 Å². The van der Waals surface area contributed by atoms with E-state index in [4.69, 9.17) is 9.52 Å². The van der Waals surface area contributed by atoms with E-state index in [1.807, 2.05) is 36.0 Å². The molecule has 166 valence electrons. The topological polar surface area (TPSA) is 118 Å². The van der Waals surface area contributed by atoms with Crippen molar-refractivity contribution >= 4 is 23.9 Å². The molecule has 3 aromatic rings. The molecule has 9 heteroatoms. The third kappa shape index (κ3) is 4.78. The van der Waals surface area contributed by atoms with Gasteiger partial charge < -0.3 is 14.8 Å². The number of amides is 1. The van der Waals surface area contributed by atoms with E-state index in [2.05, 4.69) is 27.5 Å². The normalized spacial score (nSPS) is 18.9. The minimum absolute atomic E-state index is 0.167. The molecule has 1 amide bonds. The van der Waals surface area contributed by atoms with Gasteiger partial charge in [0, 0.05) is 30.9 Å². The molecule has 3 aromatic heterocycles. The Kier molecular flexibility index (Phi) is 6.46. The number of carbonyl (C=O) groups is 1. The summed E-state index contributed by atoms with van der Waals surface area (Å²) in [6.45, 7) is 5.19. The molecular formula is C23H26N6O3. The molecule has 1 aliphatic rings. The van der Waals surface area contributed by atoms with Crippen LogP contribution in [0.1, 0.15) is 55.0 Å². The third-order valence-corrected chi connectivity index (χ3v) is 5.52. The Morgan fingerprint density at radius 2 is 2.03 bits per heavy atom. The Hall–Kier alpha value is -3.72. The molecule has 4 rings (SSSR count). The minimum atomic E-state index is -0.380. The van der Waals surface area contributed by atoms with Crippen molar-refractivity contribution in [3.63, 3.8) is 0 Å². The van der Waals surface area contributed by atoms with Crippen molar-refractivity contribution in [3.05, 3.63) is 60.4 Å². The van der Waals surface area contributed by atoms with Crippen LogP contribution in [0.25, 0.3) is 17.0 Å². The van der Waals surface area contributed by atoms with Gasteiger partial charge in [0.2, 0.25) is 0 Å². The maximum Gasteiger partial charge on any atom is 0.291 e. The highest BCUT2D eigenvalue weighted by atomic mass is 16.4. The van der Waals surface area contributed by atoms with Gasteiger partial charge in [-0.15, -0.1) is 0 Å². The maximum absolute atomic E-state index is 12.9. The molecule has 3 N–H and O–H groups in total. The highest BCUT2D eigenvalue weighted by molar-refractivity contribution is 6.04. The summed E-state index contributed by atoms with van der Waals surface area (Å²) in [5.74, 6) is 0.349. The summed E-state index contributed by atoms with van der Waals surface area (Å²) in [5, 5.41) is 21.0.